The molecule has 0 saturated heterocycles. The van der Waals surface area contributed by atoms with Crippen LogP contribution in [0.3, 0.4) is 0 Å². The monoisotopic (exact) mass is 265 g/mol. The van der Waals surface area contributed by atoms with Crippen molar-refractivity contribution < 1.29 is 17.9 Å². The third-order valence-electron chi connectivity index (χ3n) is 2.16. The molecule has 0 aliphatic heterocycles. The summed E-state index contributed by atoms with van der Waals surface area (Å²) in [4.78, 5) is 0. The second-order valence-electron chi connectivity index (χ2n) is 4.11. The van der Waals surface area contributed by atoms with Crippen molar-refractivity contribution in [3.05, 3.63) is 12.4 Å². The maximum atomic E-state index is 11.9. The van der Waals surface area contributed by atoms with Gasteiger partial charge in [0.1, 0.15) is 6.10 Å². The molecule has 18 heavy (non-hydrogen) atoms. The number of rotatable bonds is 7. The molecule has 7 heteroatoms. The van der Waals surface area contributed by atoms with E-state index in [-0.39, 0.29) is 12.6 Å². The highest BCUT2D eigenvalue weighted by molar-refractivity contribution is 5.12. The van der Waals surface area contributed by atoms with E-state index < -0.39 is 12.7 Å². The molecule has 104 valence electrons. The van der Waals surface area contributed by atoms with Gasteiger partial charge in [0.25, 0.3) is 0 Å². The van der Waals surface area contributed by atoms with Crippen LogP contribution in [0.1, 0.15) is 20.3 Å². The molecule has 1 aromatic heterocycles. The molecule has 0 fully saturated rings. The Bertz CT molecular complexity index is 352. The topological polar surface area (TPSA) is 39.1 Å². The molecule has 0 bridgehead atoms. The average Bonchev–Trinajstić information content (AvgIpc) is 2.64. The molecule has 1 atom stereocenters. The van der Waals surface area contributed by atoms with E-state index in [0.717, 1.165) is 13.0 Å². The predicted molar refractivity (Wildman–Crippen MR) is 61.5 cm³/mol. The molecular weight excluding hydrogens is 247 g/mol. The molecule has 1 N–H and O–H groups in total. The van der Waals surface area contributed by atoms with Gasteiger partial charge >= 0.3 is 6.18 Å². The van der Waals surface area contributed by atoms with Gasteiger partial charge in [0, 0.05) is 13.1 Å². The van der Waals surface area contributed by atoms with Crippen molar-refractivity contribution in [1.82, 2.24) is 15.1 Å². The molecule has 1 unspecified atom stereocenters. The summed E-state index contributed by atoms with van der Waals surface area (Å²) in [5.74, 6) is 0.574. The van der Waals surface area contributed by atoms with Gasteiger partial charge < -0.3 is 10.1 Å². The second kappa shape index (κ2) is 6.63. The fourth-order valence-corrected chi connectivity index (χ4v) is 1.45. The van der Waals surface area contributed by atoms with Crippen LogP contribution in [-0.2, 0) is 6.54 Å². The lowest BCUT2D eigenvalue weighted by Gasteiger charge is -2.14. The Morgan fingerprint density at radius 2 is 2.22 bits per heavy atom. The zero-order valence-electron chi connectivity index (χ0n) is 10.5. The number of hydrogen-bond acceptors (Lipinski definition) is 3. The molecule has 0 aliphatic carbocycles. The SMILES string of the molecule is CCCn1cc(OC(C)CNCC(F)(F)F)cn1. The quantitative estimate of drug-likeness (QED) is 0.821. The summed E-state index contributed by atoms with van der Waals surface area (Å²) < 4.78 is 42.9. The largest absolute Gasteiger partial charge is 0.486 e. The van der Waals surface area contributed by atoms with Crippen molar-refractivity contribution in [1.29, 1.82) is 0 Å². The number of nitrogens with one attached hydrogen (secondary N) is 1. The van der Waals surface area contributed by atoms with Crippen LogP contribution in [0.25, 0.3) is 0 Å². The van der Waals surface area contributed by atoms with Crippen molar-refractivity contribution in [2.75, 3.05) is 13.1 Å². The van der Waals surface area contributed by atoms with Crippen LogP contribution < -0.4 is 10.1 Å². The highest BCUT2D eigenvalue weighted by atomic mass is 19.4. The summed E-state index contributed by atoms with van der Waals surface area (Å²) in [7, 11) is 0. The lowest BCUT2D eigenvalue weighted by atomic mass is 10.4. The highest BCUT2D eigenvalue weighted by Crippen LogP contribution is 2.13. The van der Waals surface area contributed by atoms with Gasteiger partial charge in [-0.05, 0) is 13.3 Å². The van der Waals surface area contributed by atoms with Crippen LogP contribution in [0.5, 0.6) is 5.75 Å². The first-order chi connectivity index (χ1) is 8.40. The molecule has 0 spiro atoms. The maximum absolute atomic E-state index is 11.9. The minimum absolute atomic E-state index is 0.137. The maximum Gasteiger partial charge on any atom is 0.401 e. The first kappa shape index (κ1) is 14.8. The van der Waals surface area contributed by atoms with E-state index in [9.17, 15) is 13.2 Å². The van der Waals surface area contributed by atoms with Gasteiger partial charge in [0.2, 0.25) is 0 Å². The van der Waals surface area contributed by atoms with Crippen LogP contribution in [0.4, 0.5) is 13.2 Å². The van der Waals surface area contributed by atoms with Gasteiger partial charge in [-0.25, -0.2) is 0 Å². The van der Waals surface area contributed by atoms with Gasteiger partial charge in [-0.2, -0.15) is 18.3 Å². The summed E-state index contributed by atoms with van der Waals surface area (Å²) in [5, 5.41) is 6.37. The standard InChI is InChI=1S/C11H18F3N3O/c1-3-4-17-7-10(6-16-17)18-9(2)5-15-8-11(12,13)14/h6-7,9,15H,3-5,8H2,1-2H3. The Balaban J connectivity index is 2.28. The molecule has 0 saturated carbocycles. The second-order valence-corrected chi connectivity index (χ2v) is 4.11. The normalized spacial score (nSPS) is 13.6. The van der Waals surface area contributed by atoms with Crippen molar-refractivity contribution in [3.63, 3.8) is 0 Å². The van der Waals surface area contributed by atoms with Gasteiger partial charge in [-0.3, -0.25) is 4.68 Å². The van der Waals surface area contributed by atoms with E-state index in [4.69, 9.17) is 4.74 Å². The van der Waals surface area contributed by atoms with Crippen molar-refractivity contribution in [2.45, 2.75) is 39.1 Å². The molecule has 0 radical (unpaired) electrons. The molecule has 4 nitrogen and oxygen atoms in total. The molecule has 0 aromatic carbocycles. The first-order valence-corrected chi connectivity index (χ1v) is 5.87. The van der Waals surface area contributed by atoms with Gasteiger partial charge in [-0.1, -0.05) is 6.92 Å². The fraction of sp³-hybridized carbons (Fsp3) is 0.727. The Morgan fingerprint density at radius 3 is 2.83 bits per heavy atom. The predicted octanol–water partition coefficient (Wildman–Crippen LogP) is 2.21. The zero-order valence-corrected chi connectivity index (χ0v) is 10.5. The van der Waals surface area contributed by atoms with Gasteiger partial charge in [-0.15, -0.1) is 0 Å². The zero-order chi connectivity index (χ0) is 13.6. The lowest BCUT2D eigenvalue weighted by Crippen LogP contribution is -2.35. The third-order valence-corrected chi connectivity index (χ3v) is 2.16. The summed E-state index contributed by atoms with van der Waals surface area (Å²) in [6.45, 7) is 3.67. The Kier molecular flexibility index (Phi) is 5.46. The Morgan fingerprint density at radius 1 is 1.50 bits per heavy atom. The minimum atomic E-state index is -4.19. The summed E-state index contributed by atoms with van der Waals surface area (Å²) in [6.07, 6.45) is -0.262. The van der Waals surface area contributed by atoms with Crippen LogP contribution >= 0.6 is 0 Å². The average molecular weight is 265 g/mol. The summed E-state index contributed by atoms with van der Waals surface area (Å²) in [5.41, 5.74) is 0. The molecule has 1 aromatic rings. The van der Waals surface area contributed by atoms with E-state index in [0.29, 0.717) is 5.75 Å². The van der Waals surface area contributed by atoms with E-state index in [1.165, 1.54) is 0 Å². The Hall–Kier alpha value is -1.24. The summed E-state index contributed by atoms with van der Waals surface area (Å²) >= 11 is 0. The van der Waals surface area contributed by atoms with Crippen LogP contribution in [0, 0.1) is 0 Å². The van der Waals surface area contributed by atoms with Crippen LogP contribution in [0.2, 0.25) is 0 Å². The first-order valence-electron chi connectivity index (χ1n) is 5.87. The number of alkyl halides is 3. The number of aryl methyl sites for hydroxylation is 1. The molecular formula is C11H18F3N3O. The van der Waals surface area contributed by atoms with E-state index in [1.807, 2.05) is 6.92 Å². The van der Waals surface area contributed by atoms with Crippen LogP contribution in [0.15, 0.2) is 12.4 Å². The Labute approximate surface area is 104 Å². The van der Waals surface area contributed by atoms with Crippen molar-refractivity contribution in [2.24, 2.45) is 0 Å². The van der Waals surface area contributed by atoms with Gasteiger partial charge in [0.15, 0.2) is 5.75 Å². The number of nitrogens with zero attached hydrogens (tertiary/aromatic N) is 2. The third kappa shape index (κ3) is 5.90. The number of halogens is 3. The number of ether oxygens (including phenoxy) is 1. The van der Waals surface area contributed by atoms with E-state index in [2.05, 4.69) is 10.4 Å². The number of hydrogen-bond donors (Lipinski definition) is 1. The molecule has 0 aliphatic rings. The minimum Gasteiger partial charge on any atom is -0.486 e. The molecule has 0 amide bonds. The molecule has 1 rings (SSSR count). The molecule has 1 heterocycles. The van der Waals surface area contributed by atoms with E-state index >= 15 is 0 Å². The lowest BCUT2D eigenvalue weighted by molar-refractivity contribution is -0.125. The van der Waals surface area contributed by atoms with Crippen molar-refractivity contribution >= 4 is 0 Å². The number of aromatic nitrogens is 2. The summed E-state index contributed by atoms with van der Waals surface area (Å²) in [6, 6.07) is 0. The highest BCUT2D eigenvalue weighted by Gasteiger charge is 2.26. The smallest absolute Gasteiger partial charge is 0.401 e. The van der Waals surface area contributed by atoms with Crippen molar-refractivity contribution in [3.8, 4) is 5.75 Å². The fourth-order valence-electron chi connectivity index (χ4n) is 1.45. The van der Waals surface area contributed by atoms with Crippen LogP contribution in [-0.4, -0.2) is 35.2 Å². The van der Waals surface area contributed by atoms with Gasteiger partial charge in [0.05, 0.1) is 18.9 Å². The van der Waals surface area contributed by atoms with E-state index in [1.54, 1.807) is 24.0 Å².